The second-order valence-corrected chi connectivity index (χ2v) is 5.25. The second-order valence-electron chi connectivity index (χ2n) is 5.25. The van der Waals surface area contributed by atoms with Crippen molar-refractivity contribution in [1.82, 2.24) is 10.3 Å². The first-order valence-corrected chi connectivity index (χ1v) is 8.13. The Morgan fingerprint density at radius 3 is 2.56 bits per heavy atom. The van der Waals surface area contributed by atoms with Gasteiger partial charge in [0.05, 0.1) is 18.8 Å². The van der Waals surface area contributed by atoms with E-state index in [1.807, 2.05) is 32.0 Å². The largest absolute Gasteiger partial charge is 0.507 e. The van der Waals surface area contributed by atoms with Crippen LogP contribution in [0, 0.1) is 0 Å². The van der Waals surface area contributed by atoms with Gasteiger partial charge >= 0.3 is 0 Å². The lowest BCUT2D eigenvalue weighted by Crippen LogP contribution is -2.26. The van der Waals surface area contributed by atoms with Crippen molar-refractivity contribution in [3.8, 4) is 17.2 Å². The van der Waals surface area contributed by atoms with Crippen LogP contribution in [0.1, 0.15) is 29.8 Å². The number of ether oxygens (including phenoxy) is 2. The van der Waals surface area contributed by atoms with Gasteiger partial charge in [-0.15, -0.1) is 0 Å². The van der Waals surface area contributed by atoms with Gasteiger partial charge in [-0.05, 0) is 38.0 Å². The zero-order valence-corrected chi connectivity index (χ0v) is 14.3. The molecular formula is C18H22N2O5. The van der Waals surface area contributed by atoms with E-state index in [0.717, 1.165) is 11.6 Å². The smallest absolute Gasteiger partial charge is 0.256 e. The molecule has 0 aliphatic rings. The van der Waals surface area contributed by atoms with Gasteiger partial charge in [-0.25, -0.2) is 0 Å². The molecule has 1 amide bonds. The number of carbonyl (C=O) groups excluding carboxylic acids is 1. The SMILES string of the molecule is CCOc1ccc(CCNC(=O)c2c[nH]c(=O)cc2O)cc1OCC. The maximum absolute atomic E-state index is 12.0. The van der Waals surface area contributed by atoms with Crippen LogP contribution in [0.25, 0.3) is 0 Å². The average Bonchev–Trinajstić information content (AvgIpc) is 2.57. The highest BCUT2D eigenvalue weighted by Crippen LogP contribution is 2.28. The fraction of sp³-hybridized carbons (Fsp3) is 0.333. The molecule has 2 rings (SSSR count). The summed E-state index contributed by atoms with van der Waals surface area (Å²) in [5, 5.41) is 12.3. The summed E-state index contributed by atoms with van der Waals surface area (Å²) in [6.07, 6.45) is 1.78. The molecule has 0 unspecified atom stereocenters. The highest BCUT2D eigenvalue weighted by molar-refractivity contribution is 5.96. The third-order valence-electron chi connectivity index (χ3n) is 3.45. The molecule has 0 spiro atoms. The summed E-state index contributed by atoms with van der Waals surface area (Å²) in [7, 11) is 0. The monoisotopic (exact) mass is 346 g/mol. The summed E-state index contributed by atoms with van der Waals surface area (Å²) < 4.78 is 11.1. The number of aromatic nitrogens is 1. The van der Waals surface area contributed by atoms with E-state index in [-0.39, 0.29) is 11.3 Å². The molecule has 134 valence electrons. The van der Waals surface area contributed by atoms with Crippen molar-refractivity contribution in [3.63, 3.8) is 0 Å². The Bertz CT molecular complexity index is 785. The number of H-pyrrole nitrogens is 1. The summed E-state index contributed by atoms with van der Waals surface area (Å²) in [6.45, 7) is 5.27. The molecular weight excluding hydrogens is 324 g/mol. The van der Waals surface area contributed by atoms with Crippen molar-refractivity contribution in [2.75, 3.05) is 19.8 Å². The fourth-order valence-corrected chi connectivity index (χ4v) is 2.31. The van der Waals surface area contributed by atoms with E-state index in [9.17, 15) is 14.7 Å². The molecule has 0 radical (unpaired) electrons. The van der Waals surface area contributed by atoms with Crippen LogP contribution in [0.15, 0.2) is 35.3 Å². The predicted octanol–water partition coefficient (Wildman–Crippen LogP) is 1.85. The van der Waals surface area contributed by atoms with E-state index in [1.54, 1.807) is 0 Å². The van der Waals surface area contributed by atoms with Crippen molar-refractivity contribution in [3.05, 3.63) is 51.9 Å². The molecule has 1 aromatic carbocycles. The van der Waals surface area contributed by atoms with Gasteiger partial charge in [0.15, 0.2) is 11.5 Å². The van der Waals surface area contributed by atoms with E-state index < -0.39 is 11.5 Å². The molecule has 0 aliphatic heterocycles. The van der Waals surface area contributed by atoms with Crippen LogP contribution in [-0.2, 0) is 6.42 Å². The summed E-state index contributed by atoms with van der Waals surface area (Å²) in [6, 6.07) is 6.62. The van der Waals surface area contributed by atoms with Crippen LogP contribution >= 0.6 is 0 Å². The van der Waals surface area contributed by atoms with Crippen molar-refractivity contribution < 1.29 is 19.4 Å². The first-order chi connectivity index (χ1) is 12.0. The minimum absolute atomic E-state index is 0.0290. The number of carbonyl (C=O) groups is 1. The van der Waals surface area contributed by atoms with Crippen LogP contribution < -0.4 is 20.3 Å². The number of amides is 1. The molecule has 0 atom stereocenters. The molecule has 2 aromatic rings. The Hall–Kier alpha value is -2.96. The van der Waals surface area contributed by atoms with E-state index in [1.165, 1.54) is 6.20 Å². The summed E-state index contributed by atoms with van der Waals surface area (Å²) in [5.74, 6) is 0.562. The number of hydrogen-bond acceptors (Lipinski definition) is 5. The number of aromatic amines is 1. The summed E-state index contributed by atoms with van der Waals surface area (Å²) in [5.41, 5.74) is 0.547. The lowest BCUT2D eigenvalue weighted by molar-refractivity contribution is 0.0951. The molecule has 25 heavy (non-hydrogen) atoms. The van der Waals surface area contributed by atoms with Gasteiger partial charge in [-0.1, -0.05) is 6.07 Å². The minimum Gasteiger partial charge on any atom is -0.507 e. The lowest BCUT2D eigenvalue weighted by atomic mass is 10.1. The molecule has 1 heterocycles. The van der Waals surface area contributed by atoms with E-state index in [0.29, 0.717) is 37.7 Å². The van der Waals surface area contributed by atoms with Crippen LogP contribution in [0.4, 0.5) is 0 Å². The van der Waals surface area contributed by atoms with Gasteiger partial charge in [0.25, 0.3) is 11.5 Å². The number of hydrogen-bond donors (Lipinski definition) is 3. The molecule has 0 fully saturated rings. The van der Waals surface area contributed by atoms with Gasteiger partial charge in [0.1, 0.15) is 5.75 Å². The first kappa shape index (κ1) is 18.4. The van der Waals surface area contributed by atoms with Crippen LogP contribution in [0.3, 0.4) is 0 Å². The van der Waals surface area contributed by atoms with Gasteiger partial charge in [0.2, 0.25) is 0 Å². The van der Waals surface area contributed by atoms with Gasteiger partial charge in [0, 0.05) is 18.8 Å². The number of pyridine rings is 1. The molecule has 0 saturated carbocycles. The van der Waals surface area contributed by atoms with Crippen LogP contribution in [0.2, 0.25) is 0 Å². The zero-order valence-electron chi connectivity index (χ0n) is 14.3. The fourth-order valence-electron chi connectivity index (χ4n) is 2.31. The molecule has 7 heteroatoms. The quantitative estimate of drug-likeness (QED) is 0.677. The van der Waals surface area contributed by atoms with Crippen molar-refractivity contribution in [2.45, 2.75) is 20.3 Å². The summed E-state index contributed by atoms with van der Waals surface area (Å²) >= 11 is 0. The summed E-state index contributed by atoms with van der Waals surface area (Å²) in [4.78, 5) is 25.5. The second kappa shape index (κ2) is 8.77. The molecule has 1 aromatic heterocycles. The zero-order chi connectivity index (χ0) is 18.2. The Kier molecular flexibility index (Phi) is 6.45. The molecule has 0 aliphatic carbocycles. The van der Waals surface area contributed by atoms with Crippen molar-refractivity contribution in [2.24, 2.45) is 0 Å². The number of nitrogens with one attached hydrogen (secondary N) is 2. The van der Waals surface area contributed by atoms with E-state index >= 15 is 0 Å². The van der Waals surface area contributed by atoms with Gasteiger partial charge < -0.3 is 24.9 Å². The molecule has 0 saturated heterocycles. The Labute approximate surface area is 145 Å². The van der Waals surface area contributed by atoms with Crippen molar-refractivity contribution >= 4 is 5.91 Å². The lowest BCUT2D eigenvalue weighted by Gasteiger charge is -2.12. The number of rotatable bonds is 8. The number of aromatic hydroxyl groups is 1. The molecule has 0 bridgehead atoms. The standard InChI is InChI=1S/C18H22N2O5/c1-3-24-15-6-5-12(9-16(15)25-4-2)7-8-19-18(23)13-11-20-17(22)10-14(13)21/h5-6,9-11H,3-4,7-8H2,1-2H3,(H,19,23)(H2,20,21,22). The van der Waals surface area contributed by atoms with E-state index in [2.05, 4.69) is 10.3 Å². The minimum atomic E-state index is -0.466. The predicted molar refractivity (Wildman–Crippen MR) is 93.5 cm³/mol. The highest BCUT2D eigenvalue weighted by Gasteiger charge is 2.11. The first-order valence-electron chi connectivity index (χ1n) is 8.13. The van der Waals surface area contributed by atoms with Crippen LogP contribution in [0.5, 0.6) is 17.2 Å². The maximum atomic E-state index is 12.0. The highest BCUT2D eigenvalue weighted by atomic mass is 16.5. The third-order valence-corrected chi connectivity index (χ3v) is 3.45. The van der Waals surface area contributed by atoms with Gasteiger partial charge in [-0.2, -0.15) is 0 Å². The van der Waals surface area contributed by atoms with Gasteiger partial charge in [-0.3, -0.25) is 9.59 Å². The maximum Gasteiger partial charge on any atom is 0.256 e. The Balaban J connectivity index is 1.97. The molecule has 3 N–H and O–H groups in total. The normalized spacial score (nSPS) is 10.3. The Morgan fingerprint density at radius 1 is 1.16 bits per heavy atom. The Morgan fingerprint density at radius 2 is 1.88 bits per heavy atom. The third kappa shape index (κ3) is 5.00. The number of benzene rings is 1. The average molecular weight is 346 g/mol. The topological polar surface area (TPSA) is 101 Å². The van der Waals surface area contributed by atoms with Crippen LogP contribution in [-0.4, -0.2) is 35.8 Å². The van der Waals surface area contributed by atoms with E-state index in [4.69, 9.17) is 9.47 Å². The van der Waals surface area contributed by atoms with Crippen molar-refractivity contribution in [1.29, 1.82) is 0 Å². The molecule has 7 nitrogen and oxygen atoms in total.